The van der Waals surface area contributed by atoms with Crippen molar-refractivity contribution in [2.75, 3.05) is 14.1 Å². The highest BCUT2D eigenvalue weighted by Crippen LogP contribution is 2.34. The molecule has 0 N–H and O–H groups in total. The topological polar surface area (TPSA) is 20.3 Å². The Morgan fingerprint density at radius 2 is 1.94 bits per heavy atom. The average Bonchev–Trinajstić information content (AvgIpc) is 2.20. The van der Waals surface area contributed by atoms with Gasteiger partial charge in [0.25, 0.3) is 5.91 Å². The Morgan fingerprint density at radius 1 is 1.38 bits per heavy atom. The van der Waals surface area contributed by atoms with Crippen LogP contribution < -0.4 is 0 Å². The number of alkyl halides is 2. The maximum atomic E-state index is 13.6. The first-order valence-electron chi connectivity index (χ1n) is 4.32. The van der Waals surface area contributed by atoms with Crippen molar-refractivity contribution in [3.8, 4) is 0 Å². The summed E-state index contributed by atoms with van der Waals surface area (Å²) in [7, 11) is 2.37. The van der Waals surface area contributed by atoms with Crippen molar-refractivity contribution in [2.45, 2.75) is 5.92 Å². The number of likely N-dealkylation sites (N-methyl/N-ethyl adjacent to an activating group) is 1. The standard InChI is InChI=1S/C10H9BrF3NO/c1-15(2)9(16)10(13,14)6-4-3-5-7(11)8(6)12/h3-5H,1-2H3. The zero-order chi connectivity index (χ0) is 12.5. The van der Waals surface area contributed by atoms with Gasteiger partial charge in [0, 0.05) is 14.1 Å². The van der Waals surface area contributed by atoms with Gasteiger partial charge >= 0.3 is 5.92 Å². The molecule has 0 aliphatic heterocycles. The fourth-order valence-corrected chi connectivity index (χ4v) is 1.51. The molecule has 0 fully saturated rings. The second-order valence-electron chi connectivity index (χ2n) is 3.38. The summed E-state index contributed by atoms with van der Waals surface area (Å²) in [6.45, 7) is 0. The van der Waals surface area contributed by atoms with Gasteiger partial charge in [-0.15, -0.1) is 0 Å². The molecule has 0 saturated heterocycles. The highest BCUT2D eigenvalue weighted by Gasteiger charge is 2.44. The predicted octanol–water partition coefficient (Wildman–Crippen LogP) is 2.77. The number of hydrogen-bond donors (Lipinski definition) is 0. The molecule has 2 nitrogen and oxygen atoms in total. The van der Waals surface area contributed by atoms with Gasteiger partial charge in [-0.25, -0.2) is 4.39 Å². The lowest BCUT2D eigenvalue weighted by atomic mass is 10.1. The van der Waals surface area contributed by atoms with E-state index in [0.717, 1.165) is 11.0 Å². The molecule has 6 heteroatoms. The molecule has 88 valence electrons. The Hall–Kier alpha value is -1.04. The van der Waals surface area contributed by atoms with Crippen LogP contribution in [0.15, 0.2) is 22.7 Å². The van der Waals surface area contributed by atoms with Crippen molar-refractivity contribution >= 4 is 21.8 Å². The number of benzene rings is 1. The summed E-state index contributed by atoms with van der Waals surface area (Å²) < 4.78 is 40.5. The van der Waals surface area contributed by atoms with Crippen LogP contribution >= 0.6 is 15.9 Å². The first-order valence-corrected chi connectivity index (χ1v) is 5.12. The van der Waals surface area contributed by atoms with Crippen molar-refractivity contribution in [3.63, 3.8) is 0 Å². The van der Waals surface area contributed by atoms with Gasteiger partial charge in [0.05, 0.1) is 10.0 Å². The largest absolute Gasteiger partial charge is 0.352 e. The number of nitrogens with zero attached hydrogens (tertiary/aromatic N) is 1. The lowest BCUT2D eigenvalue weighted by Gasteiger charge is -2.20. The lowest BCUT2D eigenvalue weighted by molar-refractivity contribution is -0.156. The van der Waals surface area contributed by atoms with Crippen LogP contribution in [-0.4, -0.2) is 24.9 Å². The monoisotopic (exact) mass is 295 g/mol. The summed E-state index contributed by atoms with van der Waals surface area (Å²) in [6, 6.07) is 3.43. The number of amides is 1. The molecule has 0 atom stereocenters. The van der Waals surface area contributed by atoms with E-state index in [-0.39, 0.29) is 4.47 Å². The maximum absolute atomic E-state index is 13.6. The molecule has 0 aromatic heterocycles. The lowest BCUT2D eigenvalue weighted by Crippen LogP contribution is -2.37. The van der Waals surface area contributed by atoms with Gasteiger partial charge in [-0.05, 0) is 28.1 Å². The second-order valence-corrected chi connectivity index (χ2v) is 4.23. The van der Waals surface area contributed by atoms with Crippen LogP contribution in [0, 0.1) is 5.82 Å². The van der Waals surface area contributed by atoms with Crippen molar-refractivity contribution in [1.82, 2.24) is 4.90 Å². The molecule has 16 heavy (non-hydrogen) atoms. The van der Waals surface area contributed by atoms with E-state index in [1.807, 2.05) is 0 Å². The Kier molecular flexibility index (Phi) is 3.62. The van der Waals surface area contributed by atoms with Gasteiger partial charge in [-0.1, -0.05) is 6.07 Å². The smallest absolute Gasteiger partial charge is 0.343 e. The fourth-order valence-electron chi connectivity index (χ4n) is 1.14. The quantitative estimate of drug-likeness (QED) is 0.822. The summed E-state index contributed by atoms with van der Waals surface area (Å²) >= 11 is 2.79. The van der Waals surface area contributed by atoms with Crippen LogP contribution in [0.1, 0.15) is 5.56 Å². The molecule has 0 saturated carbocycles. The van der Waals surface area contributed by atoms with Gasteiger partial charge < -0.3 is 4.90 Å². The average molecular weight is 296 g/mol. The molecule has 1 amide bonds. The van der Waals surface area contributed by atoms with Crippen LogP contribution in [0.5, 0.6) is 0 Å². The minimum Gasteiger partial charge on any atom is -0.343 e. The minimum absolute atomic E-state index is 0.101. The van der Waals surface area contributed by atoms with Crippen LogP contribution in [-0.2, 0) is 10.7 Å². The maximum Gasteiger partial charge on any atom is 0.352 e. The van der Waals surface area contributed by atoms with Crippen LogP contribution in [0.2, 0.25) is 0 Å². The molecule has 1 aromatic rings. The van der Waals surface area contributed by atoms with Crippen molar-refractivity contribution in [2.24, 2.45) is 0 Å². The highest BCUT2D eigenvalue weighted by atomic mass is 79.9. The fraction of sp³-hybridized carbons (Fsp3) is 0.300. The molecule has 0 radical (unpaired) electrons. The predicted molar refractivity (Wildman–Crippen MR) is 56.7 cm³/mol. The van der Waals surface area contributed by atoms with Crippen LogP contribution in [0.3, 0.4) is 0 Å². The molecule has 0 spiro atoms. The third-order valence-corrected chi connectivity index (χ3v) is 2.58. The van der Waals surface area contributed by atoms with E-state index < -0.39 is 23.2 Å². The number of rotatable bonds is 2. The Bertz CT molecular complexity index is 421. The SMILES string of the molecule is CN(C)C(=O)C(F)(F)c1cccc(Br)c1F. The number of hydrogen-bond acceptors (Lipinski definition) is 1. The van der Waals surface area contributed by atoms with Crippen molar-refractivity contribution in [1.29, 1.82) is 0 Å². The summed E-state index contributed by atoms with van der Waals surface area (Å²) in [5.74, 6) is -6.44. The summed E-state index contributed by atoms with van der Waals surface area (Å²) in [4.78, 5) is 11.9. The molecule has 1 aromatic carbocycles. The molecule has 0 bridgehead atoms. The van der Waals surface area contributed by atoms with E-state index in [1.165, 1.54) is 26.2 Å². The number of halogens is 4. The van der Waals surface area contributed by atoms with Crippen LogP contribution in [0.25, 0.3) is 0 Å². The molecule has 0 aliphatic rings. The second kappa shape index (κ2) is 4.45. The first-order chi connectivity index (χ1) is 7.28. The van der Waals surface area contributed by atoms with Gasteiger partial charge in [-0.3, -0.25) is 4.79 Å². The van der Waals surface area contributed by atoms with E-state index in [1.54, 1.807) is 0 Å². The molecular weight excluding hydrogens is 287 g/mol. The van der Waals surface area contributed by atoms with Gasteiger partial charge in [0.1, 0.15) is 5.82 Å². The summed E-state index contributed by atoms with van der Waals surface area (Å²) in [6.07, 6.45) is 0. The molecule has 0 heterocycles. The Balaban J connectivity index is 3.27. The molecule has 0 aliphatic carbocycles. The van der Waals surface area contributed by atoms with Gasteiger partial charge in [0.2, 0.25) is 0 Å². The third kappa shape index (κ3) is 2.21. The molecule has 0 unspecified atom stereocenters. The van der Waals surface area contributed by atoms with Crippen LogP contribution in [0.4, 0.5) is 13.2 Å². The zero-order valence-electron chi connectivity index (χ0n) is 8.60. The number of carbonyl (C=O) groups is 1. The Labute approximate surface area is 99.2 Å². The van der Waals surface area contributed by atoms with E-state index >= 15 is 0 Å². The molecule has 1 rings (SSSR count). The van der Waals surface area contributed by atoms with Gasteiger partial charge in [0.15, 0.2) is 0 Å². The van der Waals surface area contributed by atoms with E-state index in [9.17, 15) is 18.0 Å². The van der Waals surface area contributed by atoms with E-state index in [0.29, 0.717) is 0 Å². The first kappa shape index (κ1) is 13.0. The highest BCUT2D eigenvalue weighted by molar-refractivity contribution is 9.10. The summed E-state index contributed by atoms with van der Waals surface area (Å²) in [5.41, 5.74) is -0.930. The Morgan fingerprint density at radius 3 is 2.44 bits per heavy atom. The normalized spacial score (nSPS) is 11.4. The van der Waals surface area contributed by atoms with Crippen molar-refractivity contribution < 1.29 is 18.0 Å². The van der Waals surface area contributed by atoms with Crippen molar-refractivity contribution in [3.05, 3.63) is 34.1 Å². The third-order valence-electron chi connectivity index (χ3n) is 1.96. The molecular formula is C10H9BrF3NO. The summed E-state index contributed by atoms with van der Waals surface area (Å²) in [5, 5.41) is 0. The number of carbonyl (C=O) groups excluding carboxylic acids is 1. The minimum atomic E-state index is -3.86. The zero-order valence-corrected chi connectivity index (χ0v) is 10.2. The van der Waals surface area contributed by atoms with E-state index in [4.69, 9.17) is 0 Å². The van der Waals surface area contributed by atoms with E-state index in [2.05, 4.69) is 15.9 Å². The van der Waals surface area contributed by atoms with Gasteiger partial charge in [-0.2, -0.15) is 8.78 Å².